The lowest BCUT2D eigenvalue weighted by Gasteiger charge is -2.15. The SMILES string of the molecule is COC(=O)C(Cc1cccc(CSc2nnc(-c3ccccc3)o2)c1)N=C(c1ccccc1)c1ccccc1.P. The summed E-state index contributed by atoms with van der Waals surface area (Å²) in [6.07, 6.45) is 0.410. The molecule has 0 amide bonds. The van der Waals surface area contributed by atoms with Gasteiger partial charge in [0.25, 0.3) is 5.22 Å². The average molecular weight is 568 g/mol. The third-order valence-electron chi connectivity index (χ3n) is 6.06. The van der Waals surface area contributed by atoms with Gasteiger partial charge in [-0.15, -0.1) is 10.2 Å². The van der Waals surface area contributed by atoms with E-state index in [2.05, 4.69) is 16.3 Å². The Labute approximate surface area is 241 Å². The number of methoxy groups -OCH3 is 1. The lowest BCUT2D eigenvalue weighted by molar-refractivity contribution is -0.142. The second kappa shape index (κ2) is 14.4. The summed E-state index contributed by atoms with van der Waals surface area (Å²) >= 11 is 1.47. The lowest BCUT2D eigenvalue weighted by atomic mass is 10.00. The number of esters is 1. The minimum Gasteiger partial charge on any atom is -0.467 e. The molecule has 0 aliphatic carbocycles. The van der Waals surface area contributed by atoms with Gasteiger partial charge in [-0.3, -0.25) is 4.99 Å². The van der Waals surface area contributed by atoms with Gasteiger partial charge in [-0.1, -0.05) is 115 Å². The number of carbonyl (C=O) groups is 1. The van der Waals surface area contributed by atoms with Crippen molar-refractivity contribution in [2.24, 2.45) is 4.99 Å². The number of hydrogen-bond acceptors (Lipinski definition) is 7. The highest BCUT2D eigenvalue weighted by Gasteiger charge is 2.21. The molecular formula is C32H30N3O3PS. The van der Waals surface area contributed by atoms with Gasteiger partial charge in [-0.05, 0) is 23.3 Å². The molecule has 0 radical (unpaired) electrons. The third kappa shape index (κ3) is 7.53. The Morgan fingerprint density at radius 1 is 0.825 bits per heavy atom. The van der Waals surface area contributed by atoms with Gasteiger partial charge in [-0.25, -0.2) is 4.79 Å². The van der Waals surface area contributed by atoms with Crippen molar-refractivity contribution < 1.29 is 13.9 Å². The molecule has 5 aromatic rings. The smallest absolute Gasteiger partial charge is 0.330 e. The van der Waals surface area contributed by atoms with Crippen LogP contribution in [0.1, 0.15) is 22.3 Å². The number of benzene rings is 4. The van der Waals surface area contributed by atoms with Crippen molar-refractivity contribution in [2.45, 2.75) is 23.4 Å². The number of carbonyl (C=O) groups excluding carboxylic acids is 1. The minimum atomic E-state index is -0.697. The standard InChI is InChI=1S/C32H27N3O3S.H3P/c1-37-31(36)28(33-29(25-14-5-2-6-15-25)26-16-7-3-8-17-26)21-23-12-11-13-24(20-23)22-39-32-35-34-30(38-32)27-18-9-4-10-19-27;/h2-20,28H,21-22H2,1H3;1H3. The van der Waals surface area contributed by atoms with Crippen LogP contribution >= 0.6 is 21.7 Å². The molecule has 2 unspecified atom stereocenters. The number of ether oxygens (including phenoxy) is 1. The van der Waals surface area contributed by atoms with E-state index in [4.69, 9.17) is 14.1 Å². The first-order valence-electron chi connectivity index (χ1n) is 12.6. The average Bonchev–Trinajstić information content (AvgIpc) is 3.48. The molecule has 0 bridgehead atoms. The molecule has 2 atom stereocenters. The minimum absolute atomic E-state index is 0. The summed E-state index contributed by atoms with van der Waals surface area (Å²) in [6, 6.07) is 36.9. The van der Waals surface area contributed by atoms with E-state index < -0.39 is 6.04 Å². The van der Waals surface area contributed by atoms with Gasteiger partial charge < -0.3 is 9.15 Å². The summed E-state index contributed by atoms with van der Waals surface area (Å²) in [5, 5.41) is 8.83. The van der Waals surface area contributed by atoms with E-state index in [9.17, 15) is 4.79 Å². The van der Waals surface area contributed by atoms with Crippen molar-refractivity contribution in [2.75, 3.05) is 7.11 Å². The molecule has 0 fully saturated rings. The molecule has 0 aliphatic rings. The zero-order chi connectivity index (χ0) is 26.9. The fourth-order valence-electron chi connectivity index (χ4n) is 4.16. The molecule has 0 aliphatic heterocycles. The highest BCUT2D eigenvalue weighted by atomic mass is 32.2. The lowest BCUT2D eigenvalue weighted by Crippen LogP contribution is -2.25. The molecule has 4 aromatic carbocycles. The van der Waals surface area contributed by atoms with E-state index in [1.54, 1.807) is 0 Å². The van der Waals surface area contributed by atoms with Crippen LogP contribution in [0.25, 0.3) is 11.5 Å². The number of thioether (sulfide) groups is 1. The molecule has 202 valence electrons. The summed E-state index contributed by atoms with van der Waals surface area (Å²) in [6.45, 7) is 0. The molecule has 0 saturated carbocycles. The topological polar surface area (TPSA) is 77.6 Å². The first-order chi connectivity index (χ1) is 19.2. The molecular weight excluding hydrogens is 537 g/mol. The molecule has 5 rings (SSSR count). The molecule has 1 aromatic heterocycles. The number of aliphatic imine (C=N–C) groups is 1. The van der Waals surface area contributed by atoms with Crippen molar-refractivity contribution in [1.82, 2.24) is 10.2 Å². The van der Waals surface area contributed by atoms with Gasteiger partial charge >= 0.3 is 5.97 Å². The third-order valence-corrected chi connectivity index (χ3v) is 6.95. The fraction of sp³-hybridized carbons (Fsp3) is 0.125. The van der Waals surface area contributed by atoms with E-state index >= 15 is 0 Å². The van der Waals surface area contributed by atoms with Crippen molar-refractivity contribution >= 4 is 33.3 Å². The van der Waals surface area contributed by atoms with Gasteiger partial charge in [0, 0.05) is 28.9 Å². The Morgan fingerprint density at radius 3 is 2.05 bits per heavy atom. The van der Waals surface area contributed by atoms with Crippen molar-refractivity contribution in [3.05, 3.63) is 138 Å². The maximum absolute atomic E-state index is 12.9. The van der Waals surface area contributed by atoms with Gasteiger partial charge in [0.05, 0.1) is 12.8 Å². The van der Waals surface area contributed by atoms with E-state index in [0.717, 1.165) is 33.5 Å². The van der Waals surface area contributed by atoms with Crippen molar-refractivity contribution in [3.8, 4) is 11.5 Å². The fourth-order valence-corrected chi connectivity index (χ4v) is 4.87. The zero-order valence-corrected chi connectivity index (χ0v) is 24.4. The van der Waals surface area contributed by atoms with Crippen LogP contribution in [0.2, 0.25) is 0 Å². The van der Waals surface area contributed by atoms with E-state index in [0.29, 0.717) is 23.3 Å². The van der Waals surface area contributed by atoms with Crippen LogP contribution in [0, 0.1) is 0 Å². The quantitative estimate of drug-likeness (QED) is 0.0808. The summed E-state index contributed by atoms with van der Waals surface area (Å²) in [5.74, 6) is 0.770. The number of aromatic nitrogens is 2. The van der Waals surface area contributed by atoms with Crippen LogP contribution in [0.4, 0.5) is 0 Å². The van der Waals surface area contributed by atoms with Crippen LogP contribution in [-0.2, 0) is 21.7 Å². The Morgan fingerprint density at radius 2 is 1.43 bits per heavy atom. The maximum atomic E-state index is 12.9. The Bertz CT molecular complexity index is 1500. The first kappa shape index (κ1) is 28.9. The van der Waals surface area contributed by atoms with E-state index in [1.807, 2.05) is 109 Å². The molecule has 6 nitrogen and oxygen atoms in total. The van der Waals surface area contributed by atoms with Crippen LogP contribution < -0.4 is 0 Å². The van der Waals surface area contributed by atoms with Gasteiger partial charge in [0.15, 0.2) is 6.04 Å². The summed E-state index contributed by atoms with van der Waals surface area (Å²) in [5.41, 5.74) is 5.59. The monoisotopic (exact) mass is 567 g/mol. The van der Waals surface area contributed by atoms with Crippen LogP contribution in [0.3, 0.4) is 0 Å². The molecule has 0 spiro atoms. The van der Waals surface area contributed by atoms with Gasteiger partial charge in [0.1, 0.15) is 0 Å². The zero-order valence-electron chi connectivity index (χ0n) is 22.1. The van der Waals surface area contributed by atoms with Gasteiger partial charge in [-0.2, -0.15) is 9.90 Å². The first-order valence-corrected chi connectivity index (χ1v) is 13.5. The number of nitrogens with zero attached hydrogens (tertiary/aromatic N) is 3. The predicted molar refractivity (Wildman–Crippen MR) is 165 cm³/mol. The largest absolute Gasteiger partial charge is 0.467 e. The predicted octanol–water partition coefficient (Wildman–Crippen LogP) is 6.71. The van der Waals surface area contributed by atoms with Crippen molar-refractivity contribution in [3.63, 3.8) is 0 Å². The number of hydrogen-bond donors (Lipinski definition) is 0. The second-order valence-electron chi connectivity index (χ2n) is 8.80. The molecule has 1 heterocycles. The second-order valence-corrected chi connectivity index (χ2v) is 9.73. The summed E-state index contributed by atoms with van der Waals surface area (Å²) in [4.78, 5) is 17.8. The summed E-state index contributed by atoms with van der Waals surface area (Å²) in [7, 11) is 1.40. The number of rotatable bonds is 10. The van der Waals surface area contributed by atoms with Crippen LogP contribution in [0.5, 0.6) is 0 Å². The molecule has 40 heavy (non-hydrogen) atoms. The van der Waals surface area contributed by atoms with E-state index in [-0.39, 0.29) is 15.9 Å². The Kier molecular flexibility index (Phi) is 10.4. The maximum Gasteiger partial charge on any atom is 0.330 e. The molecule has 0 saturated heterocycles. The van der Waals surface area contributed by atoms with Crippen LogP contribution in [0.15, 0.2) is 130 Å². The normalized spacial score (nSPS) is 11.2. The molecule has 0 N–H and O–H groups in total. The highest BCUT2D eigenvalue weighted by Crippen LogP contribution is 2.26. The Hall–Kier alpha value is -4.06. The van der Waals surface area contributed by atoms with E-state index in [1.165, 1.54) is 18.9 Å². The highest BCUT2D eigenvalue weighted by molar-refractivity contribution is 7.98. The Balaban J connectivity index is 0.00000370. The van der Waals surface area contributed by atoms with Crippen molar-refractivity contribution in [1.29, 1.82) is 0 Å². The molecule has 8 heteroatoms. The van der Waals surface area contributed by atoms with Crippen LogP contribution in [-0.4, -0.2) is 35.0 Å². The van der Waals surface area contributed by atoms with Gasteiger partial charge in [0.2, 0.25) is 5.89 Å². The summed E-state index contributed by atoms with van der Waals surface area (Å²) < 4.78 is 11.0.